The number of thioether (sulfide) groups is 1. The molecule has 1 saturated carbocycles. The molecule has 0 aliphatic heterocycles. The second-order valence-electron chi connectivity index (χ2n) is 4.95. The Bertz CT molecular complexity index is 399. The van der Waals surface area contributed by atoms with Crippen molar-refractivity contribution >= 4 is 23.6 Å². The smallest absolute Gasteiger partial charge is 0.239 e. The summed E-state index contributed by atoms with van der Waals surface area (Å²) in [4.78, 5) is 11.9. The third-order valence-electron chi connectivity index (χ3n) is 3.30. The summed E-state index contributed by atoms with van der Waals surface area (Å²) >= 11 is 1.73. The number of nitrogens with one attached hydrogen (secondary N) is 1. The van der Waals surface area contributed by atoms with E-state index in [2.05, 4.69) is 10.5 Å². The first-order valence-corrected chi connectivity index (χ1v) is 7.56. The molecule has 1 heterocycles. The van der Waals surface area contributed by atoms with Crippen LogP contribution in [0.15, 0.2) is 10.6 Å². The molecule has 1 unspecified atom stereocenters. The summed E-state index contributed by atoms with van der Waals surface area (Å²) in [5, 5.41) is 6.45. The molecule has 1 amide bonds. The molecule has 1 aliphatic rings. The van der Waals surface area contributed by atoms with Crippen molar-refractivity contribution in [3.8, 4) is 0 Å². The van der Waals surface area contributed by atoms with Gasteiger partial charge in [0.1, 0.15) is 0 Å². The van der Waals surface area contributed by atoms with E-state index in [0.717, 1.165) is 17.4 Å². The Kier molecular flexibility index (Phi) is 4.69. The maximum atomic E-state index is 11.9. The van der Waals surface area contributed by atoms with Crippen LogP contribution in [0.25, 0.3) is 0 Å². The largest absolute Gasteiger partial charge is 0.338 e. The van der Waals surface area contributed by atoms with E-state index in [-0.39, 0.29) is 11.2 Å². The number of carbonyl (C=O) groups is 1. The normalized spacial score (nSPS) is 17.9. The van der Waals surface area contributed by atoms with Crippen LogP contribution in [-0.4, -0.2) is 22.1 Å². The summed E-state index contributed by atoms with van der Waals surface area (Å²) in [7, 11) is 0. The molecule has 0 radical (unpaired) electrons. The van der Waals surface area contributed by atoms with Gasteiger partial charge < -0.3 is 4.52 Å². The first kappa shape index (κ1) is 13.5. The Hall–Kier alpha value is -0.970. The maximum absolute atomic E-state index is 11.9. The van der Waals surface area contributed by atoms with Crippen LogP contribution >= 0.6 is 11.8 Å². The summed E-state index contributed by atoms with van der Waals surface area (Å²) < 4.78 is 4.97. The summed E-state index contributed by atoms with van der Waals surface area (Å²) in [6.45, 7) is 3.77. The molecule has 2 rings (SSSR count). The van der Waals surface area contributed by atoms with E-state index < -0.39 is 0 Å². The molecule has 1 aliphatic carbocycles. The van der Waals surface area contributed by atoms with Crippen molar-refractivity contribution in [3.63, 3.8) is 0 Å². The molecule has 100 valence electrons. The average molecular weight is 268 g/mol. The van der Waals surface area contributed by atoms with Crippen LogP contribution in [0.5, 0.6) is 0 Å². The van der Waals surface area contributed by atoms with Crippen LogP contribution < -0.4 is 5.32 Å². The monoisotopic (exact) mass is 268 g/mol. The molecular weight excluding hydrogens is 248 g/mol. The second-order valence-corrected chi connectivity index (χ2v) is 6.32. The number of anilines is 1. The van der Waals surface area contributed by atoms with Gasteiger partial charge in [-0.3, -0.25) is 10.1 Å². The number of rotatable bonds is 5. The minimum Gasteiger partial charge on any atom is -0.338 e. The van der Waals surface area contributed by atoms with Crippen molar-refractivity contribution in [2.24, 2.45) is 5.92 Å². The summed E-state index contributed by atoms with van der Waals surface area (Å²) in [6, 6.07) is 1.73. The van der Waals surface area contributed by atoms with Crippen molar-refractivity contribution in [2.75, 3.05) is 11.1 Å². The van der Waals surface area contributed by atoms with Crippen LogP contribution in [0.4, 0.5) is 5.88 Å². The van der Waals surface area contributed by atoms with Crippen LogP contribution in [0.2, 0.25) is 0 Å². The zero-order valence-corrected chi connectivity index (χ0v) is 11.8. The van der Waals surface area contributed by atoms with Gasteiger partial charge in [0.25, 0.3) is 0 Å². The lowest BCUT2D eigenvalue weighted by atomic mass is 10.1. The Balaban J connectivity index is 1.74. The molecule has 1 fully saturated rings. The van der Waals surface area contributed by atoms with Crippen LogP contribution in [-0.2, 0) is 4.79 Å². The summed E-state index contributed by atoms with van der Waals surface area (Å²) in [6.07, 6.45) is 5.34. The van der Waals surface area contributed by atoms with Crippen LogP contribution in [0, 0.1) is 12.8 Å². The van der Waals surface area contributed by atoms with Gasteiger partial charge in [-0.2, -0.15) is 0 Å². The molecule has 18 heavy (non-hydrogen) atoms. The lowest BCUT2D eigenvalue weighted by Gasteiger charge is -2.13. The van der Waals surface area contributed by atoms with Gasteiger partial charge in [-0.05, 0) is 38.4 Å². The number of aromatic nitrogens is 1. The molecule has 1 aromatic rings. The Morgan fingerprint density at radius 3 is 2.94 bits per heavy atom. The minimum absolute atomic E-state index is 0.00542. The third kappa shape index (κ3) is 3.77. The number of nitrogens with zero attached hydrogens (tertiary/aromatic N) is 1. The minimum atomic E-state index is -0.0454. The highest BCUT2D eigenvalue weighted by atomic mass is 32.2. The second kappa shape index (κ2) is 6.27. The average Bonchev–Trinajstić information content (AvgIpc) is 2.97. The quantitative estimate of drug-likeness (QED) is 0.890. The molecule has 0 bridgehead atoms. The molecular formula is C13H20N2O2S. The molecule has 4 nitrogen and oxygen atoms in total. The highest BCUT2D eigenvalue weighted by Gasteiger charge is 2.20. The third-order valence-corrected chi connectivity index (χ3v) is 4.68. The fourth-order valence-electron chi connectivity index (χ4n) is 2.18. The molecule has 0 spiro atoms. The molecule has 1 atom stereocenters. The van der Waals surface area contributed by atoms with Crippen molar-refractivity contribution in [3.05, 3.63) is 11.8 Å². The van der Waals surface area contributed by atoms with Gasteiger partial charge >= 0.3 is 0 Å². The lowest BCUT2D eigenvalue weighted by molar-refractivity contribution is -0.115. The van der Waals surface area contributed by atoms with Gasteiger partial charge in [0.05, 0.1) is 10.9 Å². The topological polar surface area (TPSA) is 55.1 Å². The van der Waals surface area contributed by atoms with Gasteiger partial charge in [-0.25, -0.2) is 0 Å². The van der Waals surface area contributed by atoms with E-state index in [4.69, 9.17) is 4.52 Å². The van der Waals surface area contributed by atoms with E-state index in [1.54, 1.807) is 17.8 Å². The molecule has 5 heteroatoms. The highest BCUT2D eigenvalue weighted by Crippen LogP contribution is 2.29. The van der Waals surface area contributed by atoms with E-state index in [1.807, 2.05) is 13.8 Å². The fraction of sp³-hybridized carbons (Fsp3) is 0.692. The number of carbonyl (C=O) groups excluding carboxylic acids is 1. The maximum Gasteiger partial charge on any atom is 0.239 e. The first-order chi connectivity index (χ1) is 8.65. The van der Waals surface area contributed by atoms with Gasteiger partial charge in [0.2, 0.25) is 11.8 Å². The standard InChI is InChI=1S/C13H20N2O2S/c1-9-7-12(17-15-9)14-13(16)10(2)18-8-11-5-3-4-6-11/h7,10-11H,3-6,8H2,1-2H3,(H,14,16). The lowest BCUT2D eigenvalue weighted by Crippen LogP contribution is -2.23. The van der Waals surface area contributed by atoms with Crippen molar-refractivity contribution in [1.82, 2.24) is 5.16 Å². The number of hydrogen-bond acceptors (Lipinski definition) is 4. The highest BCUT2D eigenvalue weighted by molar-refractivity contribution is 8.00. The number of hydrogen-bond donors (Lipinski definition) is 1. The van der Waals surface area contributed by atoms with Gasteiger partial charge in [0.15, 0.2) is 0 Å². The van der Waals surface area contributed by atoms with Crippen molar-refractivity contribution < 1.29 is 9.32 Å². The summed E-state index contributed by atoms with van der Waals surface area (Å²) in [5.74, 6) is 2.32. The molecule has 0 aromatic carbocycles. The molecule has 1 aromatic heterocycles. The Morgan fingerprint density at radius 2 is 2.33 bits per heavy atom. The Labute approximate surface area is 112 Å². The first-order valence-electron chi connectivity index (χ1n) is 6.51. The zero-order chi connectivity index (χ0) is 13.0. The van der Waals surface area contributed by atoms with Crippen LogP contribution in [0.3, 0.4) is 0 Å². The Morgan fingerprint density at radius 1 is 1.61 bits per heavy atom. The fourth-order valence-corrected chi connectivity index (χ4v) is 3.28. The predicted molar refractivity (Wildman–Crippen MR) is 73.7 cm³/mol. The number of amides is 1. The van der Waals surface area contributed by atoms with Gasteiger partial charge in [-0.1, -0.05) is 18.0 Å². The van der Waals surface area contributed by atoms with Gasteiger partial charge in [0, 0.05) is 6.07 Å². The predicted octanol–water partition coefficient (Wildman–Crippen LogP) is 3.23. The van der Waals surface area contributed by atoms with E-state index in [9.17, 15) is 4.79 Å². The van der Waals surface area contributed by atoms with Crippen molar-refractivity contribution in [2.45, 2.75) is 44.8 Å². The molecule has 0 saturated heterocycles. The zero-order valence-electron chi connectivity index (χ0n) is 10.9. The van der Waals surface area contributed by atoms with Crippen LogP contribution in [0.1, 0.15) is 38.3 Å². The molecule has 1 N–H and O–H groups in total. The number of aryl methyl sites for hydroxylation is 1. The van der Waals surface area contributed by atoms with E-state index in [1.165, 1.54) is 25.7 Å². The SMILES string of the molecule is Cc1cc(NC(=O)C(C)SCC2CCCC2)on1. The van der Waals surface area contributed by atoms with Gasteiger partial charge in [-0.15, -0.1) is 11.8 Å². The van der Waals surface area contributed by atoms with E-state index in [0.29, 0.717) is 5.88 Å². The van der Waals surface area contributed by atoms with E-state index >= 15 is 0 Å². The van der Waals surface area contributed by atoms with Crippen molar-refractivity contribution in [1.29, 1.82) is 0 Å². The summed E-state index contributed by atoms with van der Waals surface area (Å²) in [5.41, 5.74) is 0.775.